The van der Waals surface area contributed by atoms with Gasteiger partial charge in [-0.05, 0) is 66.5 Å². The lowest BCUT2D eigenvalue weighted by Gasteiger charge is -2.25. The van der Waals surface area contributed by atoms with Crippen LogP contribution in [0.5, 0.6) is 17.2 Å². The van der Waals surface area contributed by atoms with E-state index in [-0.39, 0.29) is 29.2 Å². The zero-order valence-electron chi connectivity index (χ0n) is 25.7. The van der Waals surface area contributed by atoms with Gasteiger partial charge in [0.15, 0.2) is 11.5 Å². The van der Waals surface area contributed by atoms with Crippen molar-refractivity contribution in [3.63, 3.8) is 0 Å². The molecule has 1 fully saturated rings. The highest BCUT2D eigenvalue weighted by Gasteiger charge is 2.30. The molecule has 42 heavy (non-hydrogen) atoms. The maximum absolute atomic E-state index is 13.8. The predicted molar refractivity (Wildman–Crippen MR) is 165 cm³/mol. The third kappa shape index (κ3) is 6.82. The van der Waals surface area contributed by atoms with E-state index in [1.807, 2.05) is 26.0 Å². The molecule has 0 bridgehead atoms. The Morgan fingerprint density at radius 2 is 1.57 bits per heavy atom. The smallest absolute Gasteiger partial charge is 0.242 e. The molecule has 0 aromatic heterocycles. The molecule has 0 saturated heterocycles. The van der Waals surface area contributed by atoms with Crippen molar-refractivity contribution >= 4 is 17.5 Å². The van der Waals surface area contributed by atoms with E-state index in [9.17, 15) is 14.4 Å². The van der Waals surface area contributed by atoms with Gasteiger partial charge in [0.1, 0.15) is 6.04 Å². The Morgan fingerprint density at radius 3 is 2.17 bits per heavy atom. The second-order valence-electron chi connectivity index (χ2n) is 11.7. The lowest BCUT2D eigenvalue weighted by Crippen LogP contribution is -2.47. The number of carbonyl (C=O) groups is 2. The number of methoxy groups -OCH3 is 3. The van der Waals surface area contributed by atoms with E-state index in [0.29, 0.717) is 41.3 Å². The van der Waals surface area contributed by atoms with Gasteiger partial charge in [-0.25, -0.2) is 0 Å². The Hall–Kier alpha value is -3.75. The van der Waals surface area contributed by atoms with Crippen LogP contribution in [0.3, 0.4) is 0 Å². The summed E-state index contributed by atoms with van der Waals surface area (Å²) in [5, 5.41) is 9.54. The zero-order valence-corrected chi connectivity index (χ0v) is 25.7. The second-order valence-corrected chi connectivity index (χ2v) is 11.7. The average Bonchev–Trinajstić information content (AvgIpc) is 3.36. The van der Waals surface area contributed by atoms with Crippen molar-refractivity contribution in [1.29, 1.82) is 0 Å². The highest BCUT2D eigenvalue weighted by atomic mass is 16.5. The predicted octanol–water partition coefficient (Wildman–Crippen LogP) is 5.14. The number of benzene rings is 1. The molecule has 2 aliphatic rings. The average molecular weight is 580 g/mol. The Balaban J connectivity index is 1.81. The van der Waals surface area contributed by atoms with E-state index >= 15 is 0 Å². The lowest BCUT2D eigenvalue weighted by atomic mass is 9.95. The van der Waals surface area contributed by atoms with Gasteiger partial charge in [-0.15, -0.1) is 0 Å². The molecule has 2 atom stereocenters. The number of aryl methyl sites for hydroxylation is 1. The summed E-state index contributed by atoms with van der Waals surface area (Å²) < 4.78 is 17.1. The number of amides is 2. The molecule has 9 heteroatoms. The fourth-order valence-corrected chi connectivity index (χ4v) is 6.24. The fourth-order valence-electron chi connectivity index (χ4n) is 6.24. The summed E-state index contributed by atoms with van der Waals surface area (Å²) in [7, 11) is 4.70. The third-order valence-corrected chi connectivity index (χ3v) is 8.38. The van der Waals surface area contributed by atoms with Crippen LogP contribution in [0.25, 0.3) is 11.1 Å². The van der Waals surface area contributed by atoms with E-state index < -0.39 is 12.1 Å². The van der Waals surface area contributed by atoms with Crippen molar-refractivity contribution in [3.8, 4) is 28.4 Å². The molecule has 0 unspecified atom stereocenters. The van der Waals surface area contributed by atoms with Crippen molar-refractivity contribution in [2.75, 3.05) is 26.6 Å². The molecule has 228 valence electrons. The number of hydrogen-bond donors (Lipinski definition) is 3. The molecule has 2 aliphatic carbocycles. The maximum Gasteiger partial charge on any atom is 0.242 e. The summed E-state index contributed by atoms with van der Waals surface area (Å²) in [6, 6.07) is 6.27. The summed E-state index contributed by atoms with van der Waals surface area (Å²) in [5.74, 6) is 1.15. The minimum Gasteiger partial charge on any atom is -0.493 e. The number of nitrogens with one attached hydrogen (secondary N) is 3. The van der Waals surface area contributed by atoms with Crippen molar-refractivity contribution in [1.82, 2.24) is 10.6 Å². The van der Waals surface area contributed by atoms with Crippen LogP contribution in [0.2, 0.25) is 0 Å². The zero-order chi connectivity index (χ0) is 30.4. The molecule has 1 saturated carbocycles. The van der Waals surface area contributed by atoms with Crippen LogP contribution in [0.4, 0.5) is 5.69 Å². The Bertz CT molecular complexity index is 1350. The SMILES string of the molecule is COc1cc2c(c(OC)c1OC)-c1ccc(N[C@H](C(=O)NC3CCCCCC3)C(C)C)c(=O)cc1[C@H](NC(C)=O)CC2. The molecule has 0 aliphatic heterocycles. The molecule has 2 aromatic rings. The minimum atomic E-state index is -0.583. The lowest BCUT2D eigenvalue weighted by molar-refractivity contribution is -0.123. The second kappa shape index (κ2) is 13.9. The molecular formula is C33H45N3O6. The van der Waals surface area contributed by atoms with Crippen LogP contribution < -0.4 is 35.6 Å². The van der Waals surface area contributed by atoms with Crippen LogP contribution in [0, 0.1) is 5.92 Å². The van der Waals surface area contributed by atoms with Crippen LogP contribution in [-0.4, -0.2) is 45.2 Å². The molecule has 3 N–H and O–H groups in total. The molecule has 2 aromatic carbocycles. The third-order valence-electron chi connectivity index (χ3n) is 8.38. The highest BCUT2D eigenvalue weighted by Crippen LogP contribution is 2.50. The van der Waals surface area contributed by atoms with Gasteiger partial charge in [-0.1, -0.05) is 45.6 Å². The molecular weight excluding hydrogens is 534 g/mol. The van der Waals surface area contributed by atoms with Gasteiger partial charge in [-0.3, -0.25) is 14.4 Å². The van der Waals surface area contributed by atoms with Crippen LogP contribution in [-0.2, 0) is 16.0 Å². The van der Waals surface area contributed by atoms with Gasteiger partial charge in [0.25, 0.3) is 0 Å². The Kier molecular flexibility index (Phi) is 10.4. The number of ether oxygens (including phenoxy) is 3. The number of fused-ring (bicyclic) bond motifs is 3. The first-order chi connectivity index (χ1) is 20.2. The molecule has 0 spiro atoms. The first-order valence-corrected chi connectivity index (χ1v) is 15.0. The molecule has 0 radical (unpaired) electrons. The summed E-state index contributed by atoms with van der Waals surface area (Å²) in [6.45, 7) is 5.42. The quantitative estimate of drug-likeness (QED) is 0.353. The van der Waals surface area contributed by atoms with E-state index in [1.165, 1.54) is 19.8 Å². The normalized spacial score (nSPS) is 17.5. The van der Waals surface area contributed by atoms with Crippen LogP contribution >= 0.6 is 0 Å². The Morgan fingerprint density at radius 1 is 0.881 bits per heavy atom. The highest BCUT2D eigenvalue weighted by molar-refractivity contribution is 5.86. The summed E-state index contributed by atoms with van der Waals surface area (Å²) in [6.07, 6.45) is 7.80. The largest absolute Gasteiger partial charge is 0.493 e. The number of rotatable bonds is 9. The van der Waals surface area contributed by atoms with Gasteiger partial charge in [-0.2, -0.15) is 0 Å². The fraction of sp³-hybridized carbons (Fsp3) is 0.545. The van der Waals surface area contributed by atoms with Crippen molar-refractivity contribution in [2.24, 2.45) is 5.92 Å². The molecule has 9 nitrogen and oxygen atoms in total. The van der Waals surface area contributed by atoms with Gasteiger partial charge >= 0.3 is 0 Å². The molecule has 4 rings (SSSR count). The first-order valence-electron chi connectivity index (χ1n) is 15.0. The van der Waals surface area contributed by atoms with Gasteiger partial charge < -0.3 is 30.2 Å². The monoisotopic (exact) mass is 579 g/mol. The maximum atomic E-state index is 13.8. The topological polar surface area (TPSA) is 115 Å². The van der Waals surface area contributed by atoms with E-state index in [0.717, 1.165) is 42.4 Å². The summed E-state index contributed by atoms with van der Waals surface area (Å²) in [5.41, 5.74) is 3.22. The summed E-state index contributed by atoms with van der Waals surface area (Å²) in [4.78, 5) is 39.4. The van der Waals surface area contributed by atoms with Crippen LogP contribution in [0.1, 0.15) is 82.9 Å². The van der Waals surface area contributed by atoms with E-state index in [2.05, 4.69) is 16.0 Å². The van der Waals surface area contributed by atoms with E-state index in [1.54, 1.807) is 33.5 Å². The van der Waals surface area contributed by atoms with Crippen molar-refractivity contribution in [3.05, 3.63) is 45.6 Å². The molecule has 2 amide bonds. The minimum absolute atomic E-state index is 0.0526. The number of carbonyl (C=O) groups excluding carboxylic acids is 2. The van der Waals surface area contributed by atoms with Gasteiger partial charge in [0, 0.05) is 18.5 Å². The van der Waals surface area contributed by atoms with E-state index in [4.69, 9.17) is 14.2 Å². The van der Waals surface area contributed by atoms with Crippen molar-refractivity contribution < 1.29 is 23.8 Å². The Labute approximate surface area is 248 Å². The van der Waals surface area contributed by atoms with Gasteiger partial charge in [0.05, 0.1) is 33.1 Å². The molecule has 0 heterocycles. The standard InChI is InChI=1S/C33H45N3O6/c1-19(2)30(33(39)35-22-11-9-7-8-10-12-22)36-26-16-14-23-24(18-27(26)38)25(34-20(3)37)15-13-21-17-28(40-4)31(41-5)32(42-6)29(21)23/h14,16-19,22,25,30H,7-13,15H2,1-6H3,(H,34,37)(H,35,39)(H,36,38)/t25-,30+/m1/s1. The van der Waals surface area contributed by atoms with Crippen LogP contribution in [0.15, 0.2) is 29.1 Å². The number of anilines is 1. The summed E-state index contributed by atoms with van der Waals surface area (Å²) >= 11 is 0. The first kappa shape index (κ1) is 31.2. The van der Waals surface area contributed by atoms with Crippen molar-refractivity contribution in [2.45, 2.75) is 90.3 Å². The van der Waals surface area contributed by atoms with Gasteiger partial charge in [0.2, 0.25) is 23.0 Å². The number of hydrogen-bond acceptors (Lipinski definition) is 7.